The number of ketones is 1. The van der Waals surface area contributed by atoms with E-state index in [2.05, 4.69) is 13.2 Å². The average molecular weight is 306 g/mol. The number of carbonyl (C=O) groups is 1. The first-order valence-electron chi connectivity index (χ1n) is 6.14. The minimum atomic E-state index is -1.12. The van der Waals surface area contributed by atoms with E-state index in [1.54, 1.807) is 0 Å². The summed E-state index contributed by atoms with van der Waals surface area (Å²) in [6.45, 7) is 7.03. The molecule has 0 saturated heterocycles. The summed E-state index contributed by atoms with van der Waals surface area (Å²) < 4.78 is 52.1. The van der Waals surface area contributed by atoms with Crippen LogP contribution in [0.2, 0.25) is 0 Å². The molecule has 0 heterocycles. The van der Waals surface area contributed by atoms with Crippen LogP contribution >= 0.6 is 0 Å². The van der Waals surface area contributed by atoms with E-state index in [0.717, 1.165) is 24.3 Å². The number of hydrogen-bond donors (Lipinski definition) is 0. The van der Waals surface area contributed by atoms with Gasteiger partial charge in [0.1, 0.15) is 0 Å². The molecule has 0 saturated carbocycles. The van der Waals surface area contributed by atoms with Gasteiger partial charge in [-0.1, -0.05) is 25.3 Å². The molecule has 0 unspecified atom stereocenters. The van der Waals surface area contributed by atoms with Gasteiger partial charge in [0.2, 0.25) is 0 Å². The van der Waals surface area contributed by atoms with Gasteiger partial charge >= 0.3 is 0 Å². The first kappa shape index (κ1) is 15.7. The quantitative estimate of drug-likeness (QED) is 0.599. The van der Waals surface area contributed by atoms with Crippen LogP contribution in [0.15, 0.2) is 49.6 Å². The van der Waals surface area contributed by atoms with E-state index in [1.807, 2.05) is 0 Å². The van der Waals surface area contributed by atoms with Crippen LogP contribution in [0.3, 0.4) is 0 Å². The molecule has 0 bridgehead atoms. The molecule has 0 aliphatic carbocycles. The molecule has 0 radical (unpaired) electrons. The van der Waals surface area contributed by atoms with Gasteiger partial charge in [0.05, 0.1) is 0 Å². The highest BCUT2D eigenvalue weighted by Gasteiger charge is 2.17. The topological polar surface area (TPSA) is 17.1 Å². The summed E-state index contributed by atoms with van der Waals surface area (Å²) in [5, 5.41) is 0. The van der Waals surface area contributed by atoms with Crippen molar-refractivity contribution in [3.63, 3.8) is 0 Å². The van der Waals surface area contributed by atoms with Crippen molar-refractivity contribution in [2.75, 3.05) is 0 Å². The van der Waals surface area contributed by atoms with E-state index >= 15 is 0 Å². The molecule has 0 atom stereocenters. The standard InChI is InChI=1S/C17H10F4O/c1-9(11-3-5-13(18)15(20)7-11)17(22)10(2)12-4-6-14(19)16(21)8-12/h3-8H,1-2H2. The number of hydrogen-bond acceptors (Lipinski definition) is 1. The molecule has 2 aromatic carbocycles. The molecule has 0 spiro atoms. The molecule has 1 nitrogen and oxygen atoms in total. The van der Waals surface area contributed by atoms with E-state index in [4.69, 9.17) is 0 Å². The highest BCUT2D eigenvalue weighted by molar-refractivity contribution is 6.41. The zero-order valence-corrected chi connectivity index (χ0v) is 11.3. The third-order valence-electron chi connectivity index (χ3n) is 3.08. The Bertz CT molecular complexity index is 728. The number of halogens is 4. The molecule has 5 heteroatoms. The maximum atomic E-state index is 13.2. The van der Waals surface area contributed by atoms with E-state index in [0.29, 0.717) is 0 Å². The Kier molecular flexibility index (Phi) is 4.26. The molecule has 0 aliphatic heterocycles. The normalized spacial score (nSPS) is 10.4. The Labute approximate surface area is 124 Å². The molecule has 0 aromatic heterocycles. The van der Waals surface area contributed by atoms with Crippen LogP contribution in [0.25, 0.3) is 11.1 Å². The Balaban J connectivity index is 2.29. The van der Waals surface area contributed by atoms with E-state index in [9.17, 15) is 22.4 Å². The number of Topliss-reactive ketones (excluding diaryl/α,β-unsaturated/α-hetero) is 1. The van der Waals surface area contributed by atoms with Gasteiger partial charge < -0.3 is 0 Å². The fourth-order valence-electron chi connectivity index (χ4n) is 1.81. The second-order valence-corrected chi connectivity index (χ2v) is 4.54. The molecular weight excluding hydrogens is 296 g/mol. The van der Waals surface area contributed by atoms with Crippen LogP contribution < -0.4 is 0 Å². The summed E-state index contributed by atoms with van der Waals surface area (Å²) in [7, 11) is 0. The summed E-state index contributed by atoms with van der Waals surface area (Å²) in [4.78, 5) is 12.2. The van der Waals surface area contributed by atoms with Crippen LogP contribution in [-0.4, -0.2) is 5.78 Å². The molecule has 0 aliphatic rings. The second kappa shape index (κ2) is 5.97. The van der Waals surface area contributed by atoms with Crippen LogP contribution in [0, 0.1) is 23.3 Å². The smallest absolute Gasteiger partial charge is 0.193 e. The third-order valence-corrected chi connectivity index (χ3v) is 3.08. The average Bonchev–Trinajstić information content (AvgIpc) is 2.50. The van der Waals surface area contributed by atoms with Gasteiger partial charge in [0, 0.05) is 11.1 Å². The molecule has 0 fully saturated rings. The summed E-state index contributed by atoms with van der Waals surface area (Å²) in [5.41, 5.74) is -0.109. The lowest BCUT2D eigenvalue weighted by molar-refractivity contribution is -0.108. The number of rotatable bonds is 4. The van der Waals surface area contributed by atoms with Crippen LogP contribution in [0.4, 0.5) is 17.6 Å². The van der Waals surface area contributed by atoms with Crippen LogP contribution in [-0.2, 0) is 4.79 Å². The predicted octanol–water partition coefficient (Wildman–Crippen LogP) is 4.54. The zero-order chi connectivity index (χ0) is 16.4. The van der Waals surface area contributed by atoms with E-state index in [-0.39, 0.29) is 22.3 Å². The lowest BCUT2D eigenvalue weighted by Gasteiger charge is -2.09. The minimum absolute atomic E-state index is 0.0765. The van der Waals surface area contributed by atoms with Crippen molar-refractivity contribution in [2.45, 2.75) is 0 Å². The Morgan fingerprint density at radius 2 is 1.05 bits per heavy atom. The summed E-state index contributed by atoms with van der Waals surface area (Å²) in [6, 6.07) is 5.77. The van der Waals surface area contributed by atoms with E-state index in [1.165, 1.54) is 12.1 Å². The summed E-state index contributed by atoms with van der Waals surface area (Å²) >= 11 is 0. The number of benzene rings is 2. The van der Waals surface area contributed by atoms with Gasteiger partial charge in [-0.15, -0.1) is 0 Å². The predicted molar refractivity (Wildman–Crippen MR) is 75.8 cm³/mol. The van der Waals surface area contributed by atoms with Gasteiger partial charge in [-0.3, -0.25) is 4.79 Å². The summed E-state index contributed by atoms with van der Waals surface area (Å²) in [5.74, 6) is -5.03. The molecule has 112 valence electrons. The maximum absolute atomic E-state index is 13.2. The molecule has 2 rings (SSSR count). The molecule has 2 aromatic rings. The second-order valence-electron chi connectivity index (χ2n) is 4.54. The van der Waals surface area contributed by atoms with Crippen molar-refractivity contribution in [3.8, 4) is 0 Å². The zero-order valence-electron chi connectivity index (χ0n) is 11.3. The lowest BCUT2D eigenvalue weighted by Crippen LogP contribution is -2.04. The SMILES string of the molecule is C=C(C(=O)C(=C)c1ccc(F)c(F)c1)c1ccc(F)c(F)c1. The van der Waals surface area contributed by atoms with Crippen molar-refractivity contribution in [2.24, 2.45) is 0 Å². The highest BCUT2D eigenvalue weighted by Crippen LogP contribution is 2.24. The Morgan fingerprint density at radius 3 is 1.36 bits per heavy atom. The van der Waals surface area contributed by atoms with Gasteiger partial charge in [-0.05, 0) is 35.4 Å². The fraction of sp³-hybridized carbons (Fsp3) is 0. The van der Waals surface area contributed by atoms with Crippen molar-refractivity contribution in [1.82, 2.24) is 0 Å². The van der Waals surface area contributed by atoms with Gasteiger partial charge in [-0.25, -0.2) is 17.6 Å². The van der Waals surface area contributed by atoms with Crippen molar-refractivity contribution >= 4 is 16.9 Å². The summed E-state index contributed by atoms with van der Waals surface area (Å²) in [6.07, 6.45) is 0. The van der Waals surface area contributed by atoms with Crippen LogP contribution in [0.1, 0.15) is 11.1 Å². The lowest BCUT2D eigenvalue weighted by atomic mass is 9.94. The van der Waals surface area contributed by atoms with Crippen molar-refractivity contribution in [3.05, 3.63) is 84.0 Å². The molecule has 0 N–H and O–H groups in total. The Morgan fingerprint density at radius 1 is 0.682 bits per heavy atom. The third kappa shape index (κ3) is 2.98. The van der Waals surface area contributed by atoms with Gasteiger partial charge in [-0.2, -0.15) is 0 Å². The fourth-order valence-corrected chi connectivity index (χ4v) is 1.81. The maximum Gasteiger partial charge on any atom is 0.193 e. The first-order valence-corrected chi connectivity index (χ1v) is 6.14. The first-order chi connectivity index (χ1) is 10.3. The highest BCUT2D eigenvalue weighted by atomic mass is 19.2. The molecule has 0 amide bonds. The Hall–Kier alpha value is -2.69. The minimum Gasteiger partial charge on any atom is -0.289 e. The number of allylic oxidation sites excluding steroid dienone is 2. The molecule has 22 heavy (non-hydrogen) atoms. The van der Waals surface area contributed by atoms with Crippen molar-refractivity contribution in [1.29, 1.82) is 0 Å². The number of carbonyl (C=O) groups excluding carboxylic acids is 1. The monoisotopic (exact) mass is 306 g/mol. The van der Waals surface area contributed by atoms with Gasteiger partial charge in [0.25, 0.3) is 0 Å². The molecular formula is C17H10F4O. The van der Waals surface area contributed by atoms with Gasteiger partial charge in [0.15, 0.2) is 29.1 Å². The largest absolute Gasteiger partial charge is 0.289 e. The van der Waals surface area contributed by atoms with E-state index < -0.39 is 29.1 Å². The van der Waals surface area contributed by atoms with Crippen molar-refractivity contribution < 1.29 is 22.4 Å². The van der Waals surface area contributed by atoms with Crippen LogP contribution in [0.5, 0.6) is 0 Å².